The van der Waals surface area contributed by atoms with Crippen LogP contribution in [0.1, 0.15) is 42.3 Å². The first kappa shape index (κ1) is 15.1. The second-order valence-corrected chi connectivity index (χ2v) is 6.09. The highest BCUT2D eigenvalue weighted by Crippen LogP contribution is 2.25. The lowest BCUT2D eigenvalue weighted by Crippen LogP contribution is -2.18. The summed E-state index contributed by atoms with van der Waals surface area (Å²) in [6.07, 6.45) is 0. The van der Waals surface area contributed by atoms with Crippen molar-refractivity contribution in [2.24, 2.45) is 5.73 Å². The Kier molecular flexibility index (Phi) is 4.32. The van der Waals surface area contributed by atoms with Crippen molar-refractivity contribution in [1.82, 2.24) is 0 Å². The van der Waals surface area contributed by atoms with Crippen LogP contribution in [0.4, 0.5) is 0 Å². The molecule has 2 aromatic rings. The normalized spacial score (nSPS) is 11.2. The highest BCUT2D eigenvalue weighted by atomic mass is 16.5. The number of hydrogen-bond acceptors (Lipinski definition) is 2. The monoisotopic (exact) mass is 283 g/mol. The molecule has 1 amide bonds. The third-order valence-electron chi connectivity index (χ3n) is 3.37. The number of amides is 1. The van der Waals surface area contributed by atoms with Crippen LogP contribution in [0.15, 0.2) is 48.5 Å². The van der Waals surface area contributed by atoms with Crippen LogP contribution in [0.25, 0.3) is 0 Å². The molecular formula is C18H21NO2. The summed E-state index contributed by atoms with van der Waals surface area (Å²) in [6, 6.07) is 15.3. The summed E-state index contributed by atoms with van der Waals surface area (Å²) in [5.41, 5.74) is 7.94. The molecule has 0 heterocycles. The van der Waals surface area contributed by atoms with Gasteiger partial charge in [0.25, 0.3) is 0 Å². The quantitative estimate of drug-likeness (QED) is 0.931. The van der Waals surface area contributed by atoms with Crippen molar-refractivity contribution in [3.63, 3.8) is 0 Å². The summed E-state index contributed by atoms with van der Waals surface area (Å²) in [5.74, 6) is 0.344. The maximum atomic E-state index is 11.6. The van der Waals surface area contributed by atoms with Gasteiger partial charge in [-0.15, -0.1) is 0 Å². The minimum atomic E-state index is -0.429. The number of carbonyl (C=O) groups is 1. The molecule has 2 rings (SSSR count). The fourth-order valence-corrected chi connectivity index (χ4v) is 2.10. The van der Waals surface area contributed by atoms with E-state index in [-0.39, 0.29) is 5.41 Å². The predicted octanol–water partition coefficient (Wildman–Crippen LogP) is 3.66. The molecule has 0 saturated heterocycles. The fraction of sp³-hybridized carbons (Fsp3) is 0.278. The standard InChI is InChI=1S/C18H21NO2/c1-18(2,3)14-9-10-16(17(19)20)13(11-14)12-21-15-7-5-4-6-8-15/h4-11H,12H2,1-3H3,(H2,19,20). The highest BCUT2D eigenvalue weighted by molar-refractivity contribution is 5.94. The molecule has 110 valence electrons. The minimum Gasteiger partial charge on any atom is -0.489 e. The van der Waals surface area contributed by atoms with Crippen LogP contribution in [0.2, 0.25) is 0 Å². The Hall–Kier alpha value is -2.29. The number of hydrogen-bond donors (Lipinski definition) is 1. The first-order valence-electron chi connectivity index (χ1n) is 6.99. The van der Waals surface area contributed by atoms with Crippen molar-refractivity contribution in [3.05, 3.63) is 65.2 Å². The number of carbonyl (C=O) groups excluding carboxylic acids is 1. The SMILES string of the molecule is CC(C)(C)c1ccc(C(N)=O)c(COc2ccccc2)c1. The summed E-state index contributed by atoms with van der Waals surface area (Å²) in [5, 5.41) is 0. The Balaban J connectivity index is 2.29. The number of para-hydroxylation sites is 1. The number of benzene rings is 2. The number of rotatable bonds is 4. The van der Waals surface area contributed by atoms with Gasteiger partial charge in [-0.1, -0.05) is 51.1 Å². The van der Waals surface area contributed by atoms with Gasteiger partial charge in [0.05, 0.1) is 0 Å². The average Bonchev–Trinajstić information content (AvgIpc) is 2.45. The second-order valence-electron chi connectivity index (χ2n) is 6.09. The lowest BCUT2D eigenvalue weighted by Gasteiger charge is -2.21. The van der Waals surface area contributed by atoms with Crippen molar-refractivity contribution in [3.8, 4) is 5.75 Å². The lowest BCUT2D eigenvalue weighted by molar-refractivity contribution is 0.0998. The summed E-state index contributed by atoms with van der Waals surface area (Å²) in [4.78, 5) is 11.6. The van der Waals surface area contributed by atoms with E-state index in [0.29, 0.717) is 12.2 Å². The molecule has 0 saturated carbocycles. The smallest absolute Gasteiger partial charge is 0.249 e. The molecule has 0 bridgehead atoms. The van der Waals surface area contributed by atoms with Crippen molar-refractivity contribution in [1.29, 1.82) is 0 Å². The number of nitrogens with two attached hydrogens (primary N) is 1. The Morgan fingerprint density at radius 1 is 1.10 bits per heavy atom. The van der Waals surface area contributed by atoms with Gasteiger partial charge in [0.2, 0.25) is 5.91 Å². The van der Waals surface area contributed by atoms with Crippen LogP contribution in [0.3, 0.4) is 0 Å². The molecule has 0 aliphatic heterocycles. The highest BCUT2D eigenvalue weighted by Gasteiger charge is 2.17. The van der Waals surface area contributed by atoms with E-state index < -0.39 is 5.91 Å². The van der Waals surface area contributed by atoms with Gasteiger partial charge in [0.1, 0.15) is 12.4 Å². The van der Waals surface area contributed by atoms with Crippen LogP contribution >= 0.6 is 0 Å². The van der Waals surface area contributed by atoms with Gasteiger partial charge in [-0.2, -0.15) is 0 Å². The van der Waals surface area contributed by atoms with Crippen molar-refractivity contribution >= 4 is 5.91 Å². The van der Waals surface area contributed by atoms with Crippen molar-refractivity contribution in [2.75, 3.05) is 0 Å². The van der Waals surface area contributed by atoms with Gasteiger partial charge in [0, 0.05) is 11.1 Å². The Morgan fingerprint density at radius 2 is 1.76 bits per heavy atom. The molecule has 0 aromatic heterocycles. The summed E-state index contributed by atoms with van der Waals surface area (Å²) in [6.45, 7) is 6.72. The van der Waals surface area contributed by atoms with E-state index in [2.05, 4.69) is 20.8 Å². The van der Waals surface area contributed by atoms with Gasteiger partial charge in [0.15, 0.2) is 0 Å². The minimum absolute atomic E-state index is 0.0116. The maximum absolute atomic E-state index is 11.6. The zero-order valence-electron chi connectivity index (χ0n) is 12.7. The molecule has 0 aliphatic carbocycles. The molecule has 0 aliphatic rings. The molecule has 0 atom stereocenters. The van der Waals surface area contributed by atoms with Crippen molar-refractivity contribution in [2.45, 2.75) is 32.8 Å². The molecule has 3 nitrogen and oxygen atoms in total. The second kappa shape index (κ2) is 6.00. The molecule has 0 radical (unpaired) electrons. The van der Waals surface area contributed by atoms with Gasteiger partial charge in [-0.25, -0.2) is 0 Å². The Morgan fingerprint density at radius 3 is 2.33 bits per heavy atom. The third kappa shape index (κ3) is 3.85. The van der Waals surface area contributed by atoms with E-state index in [1.165, 1.54) is 0 Å². The summed E-state index contributed by atoms with van der Waals surface area (Å²) in [7, 11) is 0. The van der Waals surface area contributed by atoms with Crippen LogP contribution in [0, 0.1) is 0 Å². The first-order chi connectivity index (χ1) is 9.88. The average molecular weight is 283 g/mol. The van der Waals surface area contributed by atoms with Gasteiger partial charge in [-0.3, -0.25) is 4.79 Å². The lowest BCUT2D eigenvalue weighted by atomic mass is 9.85. The van der Waals surface area contributed by atoms with E-state index >= 15 is 0 Å². The van der Waals surface area contributed by atoms with Gasteiger partial charge >= 0.3 is 0 Å². The summed E-state index contributed by atoms with van der Waals surface area (Å²) < 4.78 is 5.74. The van der Waals surface area contributed by atoms with E-state index in [9.17, 15) is 4.79 Å². The zero-order chi connectivity index (χ0) is 15.5. The van der Waals surface area contributed by atoms with E-state index in [4.69, 9.17) is 10.5 Å². The molecule has 0 unspecified atom stereocenters. The molecule has 21 heavy (non-hydrogen) atoms. The molecule has 2 aromatic carbocycles. The van der Waals surface area contributed by atoms with Crippen LogP contribution in [0.5, 0.6) is 5.75 Å². The van der Waals surface area contributed by atoms with Crippen LogP contribution < -0.4 is 10.5 Å². The van der Waals surface area contributed by atoms with Gasteiger partial charge < -0.3 is 10.5 Å². The molecule has 0 fully saturated rings. The van der Waals surface area contributed by atoms with E-state index in [0.717, 1.165) is 16.9 Å². The number of primary amides is 1. The summed E-state index contributed by atoms with van der Waals surface area (Å²) >= 11 is 0. The van der Waals surface area contributed by atoms with Crippen LogP contribution in [-0.4, -0.2) is 5.91 Å². The molecule has 0 spiro atoms. The zero-order valence-corrected chi connectivity index (χ0v) is 12.7. The molecule has 3 heteroatoms. The Bertz CT molecular complexity index is 627. The Labute approximate surface area is 125 Å². The third-order valence-corrected chi connectivity index (χ3v) is 3.37. The van der Waals surface area contributed by atoms with E-state index in [1.807, 2.05) is 42.5 Å². The molecular weight excluding hydrogens is 262 g/mol. The van der Waals surface area contributed by atoms with Crippen molar-refractivity contribution < 1.29 is 9.53 Å². The number of ether oxygens (including phenoxy) is 1. The first-order valence-corrected chi connectivity index (χ1v) is 6.99. The molecule has 2 N–H and O–H groups in total. The topological polar surface area (TPSA) is 52.3 Å². The largest absolute Gasteiger partial charge is 0.489 e. The fourth-order valence-electron chi connectivity index (χ4n) is 2.10. The van der Waals surface area contributed by atoms with Crippen LogP contribution in [-0.2, 0) is 12.0 Å². The van der Waals surface area contributed by atoms with E-state index in [1.54, 1.807) is 6.07 Å². The van der Waals surface area contributed by atoms with Gasteiger partial charge in [-0.05, 0) is 29.2 Å². The predicted molar refractivity (Wildman–Crippen MR) is 84.4 cm³/mol. The maximum Gasteiger partial charge on any atom is 0.249 e.